The lowest BCUT2D eigenvalue weighted by molar-refractivity contribution is 0.954. The predicted molar refractivity (Wildman–Crippen MR) is 94.4 cm³/mol. The molecule has 4 rings (SSSR count). The van der Waals surface area contributed by atoms with Gasteiger partial charge in [-0.3, -0.25) is 4.57 Å². The smallest absolute Gasteiger partial charge is 0.234 e. The molecule has 0 amide bonds. The van der Waals surface area contributed by atoms with Crippen LogP contribution in [0.1, 0.15) is 5.69 Å². The van der Waals surface area contributed by atoms with E-state index >= 15 is 0 Å². The zero-order valence-electron chi connectivity index (χ0n) is 12.6. The molecule has 0 aliphatic heterocycles. The van der Waals surface area contributed by atoms with Crippen molar-refractivity contribution in [1.82, 2.24) is 14.5 Å². The van der Waals surface area contributed by atoms with Gasteiger partial charge in [0.2, 0.25) is 5.95 Å². The second-order valence-corrected chi connectivity index (χ2v) is 5.23. The van der Waals surface area contributed by atoms with E-state index in [9.17, 15) is 0 Å². The van der Waals surface area contributed by atoms with Gasteiger partial charge in [0.05, 0.1) is 11.2 Å². The molecule has 2 aromatic carbocycles. The van der Waals surface area contributed by atoms with E-state index in [-0.39, 0.29) is 0 Å². The Morgan fingerprint density at radius 2 is 1.52 bits per heavy atom. The van der Waals surface area contributed by atoms with Gasteiger partial charge in [0.25, 0.3) is 0 Å². The number of rotatable bonds is 3. The molecule has 2 aromatic heterocycles. The van der Waals surface area contributed by atoms with Crippen LogP contribution >= 0.6 is 0 Å². The molecule has 23 heavy (non-hydrogen) atoms. The van der Waals surface area contributed by atoms with Crippen LogP contribution < -0.4 is 0 Å². The highest BCUT2D eigenvalue weighted by atomic mass is 15.2. The van der Waals surface area contributed by atoms with Gasteiger partial charge in [0.15, 0.2) is 0 Å². The summed E-state index contributed by atoms with van der Waals surface area (Å²) in [6.07, 6.45) is 5.39. The molecule has 0 N–H and O–H groups in total. The van der Waals surface area contributed by atoms with Crippen molar-refractivity contribution in [3.63, 3.8) is 0 Å². The van der Waals surface area contributed by atoms with Gasteiger partial charge in [-0.2, -0.15) is 0 Å². The maximum Gasteiger partial charge on any atom is 0.234 e. The van der Waals surface area contributed by atoms with Crippen molar-refractivity contribution in [3.05, 3.63) is 85.3 Å². The third kappa shape index (κ3) is 2.14. The van der Waals surface area contributed by atoms with Crippen molar-refractivity contribution in [1.29, 1.82) is 0 Å². The second-order valence-electron chi connectivity index (χ2n) is 5.23. The first-order chi connectivity index (χ1) is 11.4. The molecule has 0 fully saturated rings. The van der Waals surface area contributed by atoms with Crippen molar-refractivity contribution < 1.29 is 0 Å². The third-order valence-electron chi connectivity index (χ3n) is 3.92. The molecule has 2 heterocycles. The van der Waals surface area contributed by atoms with Crippen LogP contribution in [0, 0.1) is 0 Å². The fourth-order valence-electron chi connectivity index (χ4n) is 2.98. The molecular weight excluding hydrogens is 282 g/mol. The SMILES string of the molecule is C=Cc1c(-c2ccccc2)c2ccccc2n1-c1ncccn1. The van der Waals surface area contributed by atoms with Gasteiger partial charge in [-0.25, -0.2) is 9.97 Å². The van der Waals surface area contributed by atoms with Gasteiger partial charge in [-0.1, -0.05) is 55.1 Å². The lowest BCUT2D eigenvalue weighted by Crippen LogP contribution is -2.01. The van der Waals surface area contributed by atoms with Gasteiger partial charge in [-0.15, -0.1) is 0 Å². The van der Waals surface area contributed by atoms with Gasteiger partial charge < -0.3 is 0 Å². The Hall–Kier alpha value is -3.20. The second kappa shape index (κ2) is 5.54. The van der Waals surface area contributed by atoms with E-state index in [0.29, 0.717) is 5.95 Å². The Labute approximate surface area is 134 Å². The number of aromatic nitrogens is 3. The molecule has 110 valence electrons. The van der Waals surface area contributed by atoms with Crippen LogP contribution in [0.2, 0.25) is 0 Å². The molecule has 0 aliphatic carbocycles. The fraction of sp³-hybridized carbons (Fsp3) is 0. The Morgan fingerprint density at radius 1 is 0.826 bits per heavy atom. The predicted octanol–water partition coefficient (Wildman–Crippen LogP) is 4.73. The zero-order chi connectivity index (χ0) is 15.6. The molecule has 0 unspecified atom stereocenters. The molecule has 0 bridgehead atoms. The van der Waals surface area contributed by atoms with E-state index < -0.39 is 0 Å². The maximum absolute atomic E-state index is 4.42. The van der Waals surface area contributed by atoms with Crippen LogP contribution in [0.25, 0.3) is 34.1 Å². The lowest BCUT2D eigenvalue weighted by atomic mass is 10.0. The lowest BCUT2D eigenvalue weighted by Gasteiger charge is -2.07. The van der Waals surface area contributed by atoms with E-state index in [1.807, 2.05) is 36.4 Å². The highest BCUT2D eigenvalue weighted by molar-refractivity contribution is 6.01. The van der Waals surface area contributed by atoms with E-state index in [1.165, 1.54) is 5.39 Å². The van der Waals surface area contributed by atoms with Crippen molar-refractivity contribution in [2.24, 2.45) is 0 Å². The van der Waals surface area contributed by atoms with Crippen LogP contribution in [0.5, 0.6) is 0 Å². The summed E-state index contributed by atoms with van der Waals surface area (Å²) in [6, 6.07) is 20.5. The zero-order valence-corrected chi connectivity index (χ0v) is 12.6. The highest BCUT2D eigenvalue weighted by Crippen LogP contribution is 2.36. The van der Waals surface area contributed by atoms with Gasteiger partial charge in [0, 0.05) is 23.3 Å². The summed E-state index contributed by atoms with van der Waals surface area (Å²) in [5.41, 5.74) is 4.40. The number of hydrogen-bond acceptors (Lipinski definition) is 2. The van der Waals surface area contributed by atoms with Crippen LogP contribution in [0.15, 0.2) is 79.6 Å². The average Bonchev–Trinajstić information content (AvgIpc) is 2.97. The van der Waals surface area contributed by atoms with Crippen LogP contribution in [0.4, 0.5) is 0 Å². The summed E-state index contributed by atoms with van der Waals surface area (Å²) >= 11 is 0. The minimum atomic E-state index is 0.654. The molecule has 0 aliphatic rings. The quantitative estimate of drug-likeness (QED) is 0.547. The van der Waals surface area contributed by atoms with Gasteiger partial charge in [-0.05, 0) is 23.8 Å². The van der Waals surface area contributed by atoms with Crippen LogP contribution in [-0.4, -0.2) is 14.5 Å². The summed E-state index contributed by atoms with van der Waals surface area (Å²) in [5, 5.41) is 1.17. The third-order valence-corrected chi connectivity index (χ3v) is 3.92. The first kappa shape index (κ1) is 13.5. The standard InChI is InChI=1S/C20H15N3/c1-2-17-19(15-9-4-3-5-10-15)16-11-6-7-12-18(16)23(17)20-21-13-8-14-22-20/h2-14H,1H2. The Balaban J connectivity index is 2.14. The topological polar surface area (TPSA) is 30.7 Å². The van der Waals surface area contributed by atoms with E-state index in [2.05, 4.69) is 51.4 Å². The molecule has 0 saturated heterocycles. The highest BCUT2D eigenvalue weighted by Gasteiger charge is 2.18. The van der Waals surface area contributed by atoms with Crippen molar-refractivity contribution >= 4 is 17.0 Å². The summed E-state index contributed by atoms with van der Waals surface area (Å²) in [4.78, 5) is 8.84. The van der Waals surface area contributed by atoms with Gasteiger partial charge in [0.1, 0.15) is 0 Å². The van der Waals surface area contributed by atoms with E-state index in [0.717, 1.165) is 22.3 Å². The maximum atomic E-state index is 4.42. The summed E-state index contributed by atoms with van der Waals surface area (Å²) in [6.45, 7) is 4.02. The summed E-state index contributed by atoms with van der Waals surface area (Å²) in [5.74, 6) is 0.654. The van der Waals surface area contributed by atoms with Gasteiger partial charge >= 0.3 is 0 Å². The molecular formula is C20H15N3. The molecule has 4 aromatic rings. The monoisotopic (exact) mass is 297 g/mol. The first-order valence-electron chi connectivity index (χ1n) is 7.49. The normalized spacial score (nSPS) is 10.8. The number of hydrogen-bond donors (Lipinski definition) is 0. The molecule has 0 radical (unpaired) electrons. The largest absolute Gasteiger partial charge is 0.278 e. The van der Waals surface area contributed by atoms with Crippen molar-refractivity contribution in [2.75, 3.05) is 0 Å². The fourth-order valence-corrected chi connectivity index (χ4v) is 2.98. The summed E-state index contributed by atoms with van der Waals surface area (Å²) < 4.78 is 2.06. The number of fused-ring (bicyclic) bond motifs is 1. The van der Waals surface area contributed by atoms with Crippen molar-refractivity contribution in [3.8, 4) is 17.1 Å². The summed E-state index contributed by atoms with van der Waals surface area (Å²) in [7, 11) is 0. The molecule has 0 saturated carbocycles. The Kier molecular flexibility index (Phi) is 3.24. The van der Waals surface area contributed by atoms with Crippen LogP contribution in [-0.2, 0) is 0 Å². The Morgan fingerprint density at radius 3 is 2.26 bits per heavy atom. The minimum Gasteiger partial charge on any atom is -0.278 e. The van der Waals surface area contributed by atoms with E-state index in [1.54, 1.807) is 12.4 Å². The molecule has 0 spiro atoms. The Bertz CT molecular complexity index is 893. The van der Waals surface area contributed by atoms with E-state index in [4.69, 9.17) is 0 Å². The minimum absolute atomic E-state index is 0.654. The molecule has 3 heteroatoms. The van der Waals surface area contributed by atoms with Crippen molar-refractivity contribution in [2.45, 2.75) is 0 Å². The first-order valence-corrected chi connectivity index (χ1v) is 7.49. The number of para-hydroxylation sites is 1. The van der Waals surface area contributed by atoms with Crippen LogP contribution in [0.3, 0.4) is 0 Å². The number of nitrogens with zero attached hydrogens (tertiary/aromatic N) is 3. The molecule has 3 nitrogen and oxygen atoms in total. The number of benzene rings is 2. The average molecular weight is 297 g/mol. The molecule has 0 atom stereocenters.